The molecule has 0 spiro atoms. The molecule has 1 heterocycles. The van der Waals surface area contributed by atoms with Gasteiger partial charge in [-0.15, -0.1) is 0 Å². The molecule has 0 aromatic carbocycles. The summed E-state index contributed by atoms with van der Waals surface area (Å²) in [7, 11) is 1.40. The first-order valence-corrected chi connectivity index (χ1v) is 6.75. The third-order valence-electron chi connectivity index (χ3n) is 2.45. The molecule has 0 bridgehead atoms. The Morgan fingerprint density at radius 2 is 2.29 bits per heavy atom. The van der Waals surface area contributed by atoms with Crippen LogP contribution in [0.15, 0.2) is 4.99 Å². The van der Waals surface area contributed by atoms with Gasteiger partial charge >= 0.3 is 5.97 Å². The van der Waals surface area contributed by atoms with E-state index in [0.29, 0.717) is 10.7 Å². The average Bonchev–Trinajstić information content (AvgIpc) is 2.61. The third kappa shape index (κ3) is 4.98. The number of esters is 1. The lowest BCUT2D eigenvalue weighted by Crippen LogP contribution is -2.37. The highest BCUT2D eigenvalue weighted by Crippen LogP contribution is 2.31. The van der Waals surface area contributed by atoms with Crippen molar-refractivity contribution in [1.82, 2.24) is 5.32 Å². The summed E-state index contributed by atoms with van der Waals surface area (Å²) in [5.74, 6) is -0.257. The second-order valence-corrected chi connectivity index (χ2v) is 6.83. The Morgan fingerprint density at radius 1 is 1.65 bits per heavy atom. The molecule has 5 heteroatoms. The molecule has 0 fully saturated rings. The minimum Gasteiger partial charge on any atom is -0.467 e. The van der Waals surface area contributed by atoms with Gasteiger partial charge in [-0.25, -0.2) is 4.79 Å². The SMILES string of the molecule is COC(=O)C(C)NC1=NCC(CC(C)(C)C)S1. The monoisotopic (exact) mass is 258 g/mol. The van der Waals surface area contributed by atoms with Gasteiger partial charge in [0.25, 0.3) is 0 Å². The normalized spacial score (nSPS) is 21.9. The van der Waals surface area contributed by atoms with E-state index in [-0.39, 0.29) is 12.0 Å². The fraction of sp³-hybridized carbons (Fsp3) is 0.833. The van der Waals surface area contributed by atoms with Gasteiger partial charge in [0.15, 0.2) is 5.17 Å². The summed E-state index contributed by atoms with van der Waals surface area (Å²) in [6.07, 6.45) is 1.12. The van der Waals surface area contributed by atoms with Crippen LogP contribution in [-0.2, 0) is 9.53 Å². The fourth-order valence-electron chi connectivity index (χ4n) is 1.71. The number of aliphatic imine (C=N–C) groups is 1. The molecule has 0 amide bonds. The molecule has 0 aliphatic carbocycles. The van der Waals surface area contributed by atoms with Crippen LogP contribution in [0.1, 0.15) is 34.1 Å². The zero-order valence-electron chi connectivity index (χ0n) is 11.2. The maximum atomic E-state index is 11.3. The lowest BCUT2D eigenvalue weighted by molar-refractivity contribution is -0.142. The number of hydrogen-bond acceptors (Lipinski definition) is 5. The molecule has 0 aromatic heterocycles. The smallest absolute Gasteiger partial charge is 0.328 e. The summed E-state index contributed by atoms with van der Waals surface area (Å²) < 4.78 is 4.66. The van der Waals surface area contributed by atoms with Crippen LogP contribution in [0.3, 0.4) is 0 Å². The first-order chi connectivity index (χ1) is 7.81. The molecule has 17 heavy (non-hydrogen) atoms. The lowest BCUT2D eigenvalue weighted by atomic mass is 9.90. The van der Waals surface area contributed by atoms with Crippen LogP contribution in [0.25, 0.3) is 0 Å². The Hall–Kier alpha value is -0.710. The molecule has 1 N–H and O–H groups in total. The maximum absolute atomic E-state index is 11.3. The summed E-state index contributed by atoms with van der Waals surface area (Å²) in [6, 6.07) is -0.334. The van der Waals surface area contributed by atoms with E-state index in [4.69, 9.17) is 0 Å². The number of amidine groups is 1. The molecule has 2 atom stereocenters. The van der Waals surface area contributed by atoms with Crippen LogP contribution in [0.2, 0.25) is 0 Å². The van der Waals surface area contributed by atoms with E-state index in [2.05, 4.69) is 35.8 Å². The van der Waals surface area contributed by atoms with Crippen LogP contribution < -0.4 is 5.32 Å². The van der Waals surface area contributed by atoms with Crippen molar-refractivity contribution in [2.45, 2.75) is 45.4 Å². The molecule has 0 radical (unpaired) electrons. The van der Waals surface area contributed by atoms with Crippen molar-refractivity contribution in [3.05, 3.63) is 0 Å². The van der Waals surface area contributed by atoms with Crippen LogP contribution in [0.4, 0.5) is 0 Å². The highest BCUT2D eigenvalue weighted by molar-refractivity contribution is 8.14. The Kier molecular flexibility index (Phi) is 4.86. The number of thioether (sulfide) groups is 1. The Morgan fingerprint density at radius 3 is 2.82 bits per heavy atom. The van der Waals surface area contributed by atoms with Crippen molar-refractivity contribution in [3.63, 3.8) is 0 Å². The largest absolute Gasteiger partial charge is 0.467 e. The van der Waals surface area contributed by atoms with Crippen LogP contribution >= 0.6 is 11.8 Å². The zero-order chi connectivity index (χ0) is 13.1. The van der Waals surface area contributed by atoms with E-state index >= 15 is 0 Å². The standard InChI is InChI=1S/C12H22N2O2S/c1-8(10(15)16-5)14-11-13-7-9(17-11)6-12(2,3)4/h8-9H,6-7H2,1-5H3,(H,13,14). The molecule has 4 nitrogen and oxygen atoms in total. The van der Waals surface area contributed by atoms with E-state index in [1.165, 1.54) is 7.11 Å². The molecule has 1 rings (SSSR count). The first kappa shape index (κ1) is 14.4. The van der Waals surface area contributed by atoms with E-state index in [1.54, 1.807) is 18.7 Å². The fourth-order valence-corrected chi connectivity index (χ4v) is 3.15. The number of carbonyl (C=O) groups is 1. The zero-order valence-corrected chi connectivity index (χ0v) is 12.1. The first-order valence-electron chi connectivity index (χ1n) is 5.87. The third-order valence-corrected chi connectivity index (χ3v) is 3.57. The number of nitrogens with zero attached hydrogens (tertiary/aromatic N) is 1. The van der Waals surface area contributed by atoms with E-state index < -0.39 is 0 Å². The molecule has 0 saturated carbocycles. The minimum atomic E-state index is -0.334. The minimum absolute atomic E-state index is 0.257. The van der Waals surface area contributed by atoms with Crippen molar-refractivity contribution in [3.8, 4) is 0 Å². The van der Waals surface area contributed by atoms with Gasteiger partial charge in [-0.05, 0) is 18.8 Å². The molecule has 1 aliphatic rings. The highest BCUT2D eigenvalue weighted by atomic mass is 32.2. The molecule has 0 aromatic rings. The Balaban J connectivity index is 2.38. The number of hydrogen-bond donors (Lipinski definition) is 1. The van der Waals surface area contributed by atoms with Crippen LogP contribution in [0.5, 0.6) is 0 Å². The van der Waals surface area contributed by atoms with E-state index in [1.807, 2.05) is 0 Å². The van der Waals surface area contributed by atoms with Gasteiger partial charge in [0.05, 0.1) is 13.7 Å². The van der Waals surface area contributed by atoms with Gasteiger partial charge in [0.2, 0.25) is 0 Å². The van der Waals surface area contributed by atoms with E-state index in [9.17, 15) is 4.79 Å². The molecule has 98 valence electrons. The van der Waals surface area contributed by atoms with Gasteiger partial charge in [-0.2, -0.15) is 0 Å². The van der Waals surface area contributed by atoms with Crippen molar-refractivity contribution >= 4 is 22.9 Å². The topological polar surface area (TPSA) is 50.7 Å². The molecule has 0 saturated heterocycles. The van der Waals surface area contributed by atoms with Gasteiger partial charge < -0.3 is 10.1 Å². The molecule has 2 unspecified atom stereocenters. The molecular formula is C12H22N2O2S. The number of carbonyl (C=O) groups excluding carboxylic acids is 1. The maximum Gasteiger partial charge on any atom is 0.328 e. The number of methoxy groups -OCH3 is 1. The second kappa shape index (κ2) is 5.76. The van der Waals surface area contributed by atoms with Gasteiger partial charge in [0.1, 0.15) is 6.04 Å². The Labute approximate surface area is 108 Å². The van der Waals surface area contributed by atoms with Gasteiger partial charge in [-0.1, -0.05) is 32.5 Å². The van der Waals surface area contributed by atoms with Gasteiger partial charge in [-0.3, -0.25) is 4.99 Å². The van der Waals surface area contributed by atoms with Gasteiger partial charge in [0, 0.05) is 5.25 Å². The summed E-state index contributed by atoms with van der Waals surface area (Å²) in [5.41, 5.74) is 0.316. The summed E-state index contributed by atoms with van der Waals surface area (Å²) in [5, 5.41) is 4.46. The summed E-state index contributed by atoms with van der Waals surface area (Å²) >= 11 is 1.72. The van der Waals surface area contributed by atoms with Crippen molar-refractivity contribution in [2.24, 2.45) is 10.4 Å². The predicted octanol–water partition coefficient (Wildman–Crippen LogP) is 2.05. The number of rotatable bonds is 3. The van der Waals surface area contributed by atoms with Crippen molar-refractivity contribution < 1.29 is 9.53 Å². The lowest BCUT2D eigenvalue weighted by Gasteiger charge is -2.21. The van der Waals surface area contributed by atoms with Crippen molar-refractivity contribution in [2.75, 3.05) is 13.7 Å². The van der Waals surface area contributed by atoms with E-state index in [0.717, 1.165) is 18.1 Å². The molecule has 1 aliphatic heterocycles. The van der Waals surface area contributed by atoms with Crippen LogP contribution in [0, 0.1) is 5.41 Å². The summed E-state index contributed by atoms with van der Waals surface area (Å²) in [6.45, 7) is 9.31. The number of nitrogens with one attached hydrogen (secondary N) is 1. The predicted molar refractivity (Wildman–Crippen MR) is 72.4 cm³/mol. The number of ether oxygens (including phenoxy) is 1. The average molecular weight is 258 g/mol. The highest BCUT2D eigenvalue weighted by Gasteiger charge is 2.26. The van der Waals surface area contributed by atoms with Crippen molar-refractivity contribution in [1.29, 1.82) is 0 Å². The molecular weight excluding hydrogens is 236 g/mol. The summed E-state index contributed by atoms with van der Waals surface area (Å²) in [4.78, 5) is 15.7. The van der Waals surface area contributed by atoms with Crippen LogP contribution in [-0.4, -0.2) is 36.1 Å². The Bertz CT molecular complexity index is 310. The quantitative estimate of drug-likeness (QED) is 0.787. The second-order valence-electron chi connectivity index (χ2n) is 5.54.